The monoisotopic (exact) mass is 705 g/mol. The second-order valence-corrected chi connectivity index (χ2v) is 14.6. The lowest BCUT2D eigenvalue weighted by Crippen LogP contribution is -2.46. The van der Waals surface area contributed by atoms with E-state index in [4.69, 9.17) is 16.6 Å². The van der Waals surface area contributed by atoms with E-state index in [9.17, 15) is 19.5 Å². The van der Waals surface area contributed by atoms with Crippen LogP contribution in [0, 0.1) is 16.7 Å². The standard InChI is InChI=1S/C41H51N7O4/c1-2-5-37(40(51)45-26-49)48-25-31-22-30(10-13-33(31)41(48)52)28-16-18-46(19-17-28)24-27-14-20-47(21-15-27)32-11-8-29(9-12-32)35(39(43)44)23-36(42)34-6-3-4-7-38(34)50/h3-4,6-13,22,26-28,35,37,42,50H,2,5,14-21,23-25H2,1H3,(H3,43,44)(H,45,49,51). The Bertz CT molecular complexity index is 1780. The molecule has 11 nitrogen and oxygen atoms in total. The van der Waals surface area contributed by atoms with E-state index in [0.29, 0.717) is 42.3 Å². The summed E-state index contributed by atoms with van der Waals surface area (Å²) in [4.78, 5) is 43.3. The molecule has 0 saturated carbocycles. The van der Waals surface area contributed by atoms with E-state index in [2.05, 4.69) is 39.4 Å². The number of anilines is 1. The molecule has 3 amide bonds. The molecule has 0 radical (unpaired) electrons. The Morgan fingerprint density at radius 3 is 2.37 bits per heavy atom. The summed E-state index contributed by atoms with van der Waals surface area (Å²) < 4.78 is 0. The summed E-state index contributed by atoms with van der Waals surface area (Å²) in [5, 5.41) is 29.1. The van der Waals surface area contributed by atoms with Crippen LogP contribution in [0.2, 0.25) is 0 Å². The van der Waals surface area contributed by atoms with E-state index >= 15 is 0 Å². The number of hydrogen-bond acceptors (Lipinski definition) is 8. The number of aromatic hydroxyl groups is 1. The summed E-state index contributed by atoms with van der Waals surface area (Å²) in [6, 6.07) is 20.6. The number of piperidine rings is 2. The van der Waals surface area contributed by atoms with Crippen LogP contribution in [0.1, 0.15) is 96.3 Å². The molecule has 3 aliphatic heterocycles. The highest BCUT2D eigenvalue weighted by Crippen LogP contribution is 2.35. The van der Waals surface area contributed by atoms with Crippen LogP contribution in [-0.2, 0) is 16.1 Å². The average molecular weight is 706 g/mol. The van der Waals surface area contributed by atoms with Crippen LogP contribution in [-0.4, -0.2) is 83.4 Å². The minimum absolute atomic E-state index is 0.00801. The van der Waals surface area contributed by atoms with Gasteiger partial charge in [-0.1, -0.05) is 49.7 Å². The molecular weight excluding hydrogens is 654 g/mol. The average Bonchev–Trinajstić information content (AvgIpc) is 3.48. The number of nitrogens with two attached hydrogens (primary N) is 1. The maximum atomic E-state index is 13.2. The van der Waals surface area contributed by atoms with Crippen LogP contribution in [0.25, 0.3) is 0 Å². The van der Waals surface area contributed by atoms with Gasteiger partial charge >= 0.3 is 0 Å². The van der Waals surface area contributed by atoms with Crippen molar-refractivity contribution in [3.05, 3.63) is 94.5 Å². The zero-order chi connectivity index (χ0) is 36.8. The molecule has 274 valence electrons. The molecule has 0 aliphatic carbocycles. The van der Waals surface area contributed by atoms with Crippen LogP contribution in [0.4, 0.5) is 5.69 Å². The smallest absolute Gasteiger partial charge is 0.255 e. The van der Waals surface area contributed by atoms with Gasteiger partial charge in [0.1, 0.15) is 11.8 Å². The first-order valence-electron chi connectivity index (χ1n) is 18.6. The predicted octanol–water partition coefficient (Wildman–Crippen LogP) is 5.36. The highest BCUT2D eigenvalue weighted by atomic mass is 16.3. The Morgan fingerprint density at radius 1 is 1.00 bits per heavy atom. The van der Waals surface area contributed by atoms with E-state index in [1.807, 2.05) is 25.1 Å². The first-order valence-corrected chi connectivity index (χ1v) is 18.6. The molecule has 52 heavy (non-hydrogen) atoms. The van der Waals surface area contributed by atoms with Crippen LogP contribution in [0.15, 0.2) is 66.7 Å². The maximum Gasteiger partial charge on any atom is 0.255 e. The van der Waals surface area contributed by atoms with E-state index in [1.54, 1.807) is 29.2 Å². The SMILES string of the molecule is CCCC(C(=O)NC=O)N1Cc2cc(C3CCN(CC4CCN(c5ccc(C(CC(=N)c6ccccc6O)C(=N)N)cc5)CC4)CC3)ccc2C1=O. The number of amidine groups is 1. The van der Waals surface area contributed by atoms with Gasteiger partial charge in [-0.05, 0) is 104 Å². The third-order valence-corrected chi connectivity index (χ3v) is 11.3. The largest absolute Gasteiger partial charge is 0.507 e. The Labute approximate surface area is 306 Å². The van der Waals surface area contributed by atoms with E-state index in [0.717, 1.165) is 81.6 Å². The molecule has 3 aromatic rings. The highest BCUT2D eigenvalue weighted by Gasteiger charge is 2.36. The van der Waals surface area contributed by atoms with E-state index in [1.165, 1.54) is 5.56 Å². The molecule has 2 unspecified atom stereocenters. The summed E-state index contributed by atoms with van der Waals surface area (Å²) in [6.07, 6.45) is 6.30. The van der Waals surface area contributed by atoms with Gasteiger partial charge in [-0.15, -0.1) is 0 Å². The molecule has 6 N–H and O–H groups in total. The number of nitrogens with one attached hydrogen (secondary N) is 3. The van der Waals surface area contributed by atoms with Crippen molar-refractivity contribution in [2.45, 2.75) is 76.3 Å². The van der Waals surface area contributed by atoms with Gasteiger partial charge in [0.15, 0.2) is 0 Å². The van der Waals surface area contributed by atoms with Gasteiger partial charge in [-0.25, -0.2) is 0 Å². The van der Waals surface area contributed by atoms with Crippen molar-refractivity contribution >= 4 is 35.5 Å². The van der Waals surface area contributed by atoms with Gasteiger partial charge in [0.25, 0.3) is 5.91 Å². The Morgan fingerprint density at radius 2 is 1.71 bits per heavy atom. The highest BCUT2D eigenvalue weighted by molar-refractivity contribution is 6.04. The van der Waals surface area contributed by atoms with Gasteiger partial charge in [0.2, 0.25) is 12.3 Å². The molecular formula is C41H51N7O4. The lowest BCUT2D eigenvalue weighted by molar-refractivity contribution is -0.129. The fraction of sp³-hybridized carbons (Fsp3) is 0.439. The molecule has 2 saturated heterocycles. The second-order valence-electron chi connectivity index (χ2n) is 14.6. The van der Waals surface area contributed by atoms with Crippen LogP contribution >= 0.6 is 0 Å². The number of carbonyl (C=O) groups is 3. The number of para-hydroxylation sites is 1. The van der Waals surface area contributed by atoms with Crippen LogP contribution in [0.5, 0.6) is 5.75 Å². The fourth-order valence-electron chi connectivity index (χ4n) is 8.28. The third kappa shape index (κ3) is 8.20. The summed E-state index contributed by atoms with van der Waals surface area (Å²) in [5.41, 5.74) is 11.6. The number of benzene rings is 3. The normalized spacial score (nSPS) is 18.1. The molecule has 3 heterocycles. The summed E-state index contributed by atoms with van der Waals surface area (Å²) in [6.45, 7) is 7.57. The van der Waals surface area contributed by atoms with Crippen molar-refractivity contribution < 1.29 is 19.5 Å². The number of imide groups is 1. The molecule has 2 atom stereocenters. The van der Waals surface area contributed by atoms with Crippen molar-refractivity contribution in [2.24, 2.45) is 11.7 Å². The van der Waals surface area contributed by atoms with Gasteiger partial charge in [-0.2, -0.15) is 0 Å². The summed E-state index contributed by atoms with van der Waals surface area (Å²) in [5.74, 6) is 0.170. The fourth-order valence-corrected chi connectivity index (χ4v) is 8.28. The van der Waals surface area contributed by atoms with Crippen molar-refractivity contribution in [2.75, 3.05) is 37.6 Å². The zero-order valence-electron chi connectivity index (χ0n) is 30.0. The quantitative estimate of drug-likeness (QED) is 0.0855. The minimum atomic E-state index is -0.648. The third-order valence-electron chi connectivity index (χ3n) is 11.3. The molecule has 3 aliphatic rings. The van der Waals surface area contributed by atoms with Crippen molar-refractivity contribution in [1.82, 2.24) is 15.1 Å². The van der Waals surface area contributed by atoms with E-state index in [-0.39, 0.29) is 29.6 Å². The summed E-state index contributed by atoms with van der Waals surface area (Å²) >= 11 is 0. The number of nitrogens with zero attached hydrogens (tertiary/aromatic N) is 3. The first-order chi connectivity index (χ1) is 25.2. The lowest BCUT2D eigenvalue weighted by atomic mass is 9.87. The number of phenolic OH excluding ortho intramolecular Hbond substituents is 1. The zero-order valence-corrected chi connectivity index (χ0v) is 30.0. The number of fused-ring (bicyclic) bond motifs is 1. The van der Waals surface area contributed by atoms with Gasteiger partial charge in [-0.3, -0.25) is 25.1 Å². The molecule has 6 rings (SSSR count). The number of phenols is 1. The maximum absolute atomic E-state index is 13.2. The Balaban J connectivity index is 0.970. The lowest BCUT2D eigenvalue weighted by Gasteiger charge is -2.38. The molecule has 0 spiro atoms. The van der Waals surface area contributed by atoms with Crippen molar-refractivity contribution in [3.63, 3.8) is 0 Å². The Kier molecular flexibility index (Phi) is 11.7. The van der Waals surface area contributed by atoms with Gasteiger partial charge < -0.3 is 30.9 Å². The molecule has 2 fully saturated rings. The molecule has 3 aromatic carbocycles. The second kappa shape index (κ2) is 16.5. The number of amides is 3. The molecule has 0 aromatic heterocycles. The van der Waals surface area contributed by atoms with Gasteiger partial charge in [0.05, 0.1) is 5.84 Å². The number of carbonyl (C=O) groups excluding carboxylic acids is 3. The topological polar surface area (TPSA) is 167 Å². The van der Waals surface area contributed by atoms with Gasteiger partial charge in [0, 0.05) is 61.0 Å². The van der Waals surface area contributed by atoms with Crippen LogP contribution < -0.4 is 16.0 Å². The molecule has 0 bridgehead atoms. The first kappa shape index (κ1) is 36.8. The minimum Gasteiger partial charge on any atom is -0.507 e. The Hall–Kier alpha value is -5.03. The summed E-state index contributed by atoms with van der Waals surface area (Å²) in [7, 11) is 0. The molecule has 11 heteroatoms. The van der Waals surface area contributed by atoms with Crippen molar-refractivity contribution in [1.29, 1.82) is 10.8 Å². The predicted molar refractivity (Wildman–Crippen MR) is 203 cm³/mol. The number of likely N-dealkylation sites (tertiary alicyclic amines) is 1. The van der Waals surface area contributed by atoms with E-state index < -0.39 is 17.9 Å². The number of hydrogen-bond donors (Lipinski definition) is 5. The van der Waals surface area contributed by atoms with Crippen molar-refractivity contribution in [3.8, 4) is 5.75 Å². The van der Waals surface area contributed by atoms with Crippen LogP contribution in [0.3, 0.4) is 0 Å². The number of rotatable bonds is 14.